The molecule has 5 rings (SSSR count). The summed E-state index contributed by atoms with van der Waals surface area (Å²) in [6.07, 6.45) is 7.87. The van der Waals surface area contributed by atoms with Crippen molar-refractivity contribution in [2.75, 3.05) is 18.0 Å². The van der Waals surface area contributed by atoms with E-state index in [1.54, 1.807) is 15.7 Å². The Morgan fingerprint density at radius 1 is 1.04 bits per heavy atom. The molecule has 7 heteroatoms. The van der Waals surface area contributed by atoms with Crippen molar-refractivity contribution in [3.63, 3.8) is 0 Å². The third kappa shape index (κ3) is 3.02. The van der Waals surface area contributed by atoms with Crippen LogP contribution in [0.4, 0.5) is 5.82 Å². The van der Waals surface area contributed by atoms with Gasteiger partial charge in [0.05, 0.1) is 6.04 Å². The minimum Gasteiger partial charge on any atom is -0.355 e. The van der Waals surface area contributed by atoms with Crippen LogP contribution in [-0.2, 0) is 4.79 Å². The first-order valence-corrected chi connectivity index (χ1v) is 9.75. The third-order valence-electron chi connectivity index (χ3n) is 5.65. The number of rotatable bonds is 3. The Kier molecular flexibility index (Phi) is 4.27. The van der Waals surface area contributed by atoms with Gasteiger partial charge in [-0.15, -0.1) is 5.10 Å². The van der Waals surface area contributed by atoms with Crippen molar-refractivity contribution in [1.29, 1.82) is 0 Å². The predicted octanol–water partition coefficient (Wildman–Crippen LogP) is 2.91. The summed E-state index contributed by atoms with van der Waals surface area (Å²) in [7, 11) is 0. The first-order valence-electron chi connectivity index (χ1n) is 9.75. The maximum absolute atomic E-state index is 13.1. The molecule has 0 spiro atoms. The fourth-order valence-electron chi connectivity index (χ4n) is 4.09. The number of hydrazone groups is 1. The van der Waals surface area contributed by atoms with Crippen LogP contribution in [0.15, 0.2) is 60.0 Å². The third-order valence-corrected chi connectivity index (χ3v) is 5.65. The molecule has 4 heterocycles. The van der Waals surface area contributed by atoms with Crippen molar-refractivity contribution in [3.8, 4) is 0 Å². The van der Waals surface area contributed by atoms with E-state index in [0.29, 0.717) is 0 Å². The van der Waals surface area contributed by atoms with Crippen LogP contribution in [0.3, 0.4) is 0 Å². The van der Waals surface area contributed by atoms with Crippen molar-refractivity contribution in [2.45, 2.75) is 25.3 Å². The average molecular weight is 374 g/mol. The SMILES string of the molecule is O=C(C1CCN(c2ccc3nccn3n2)CC1)N1N=CC[C@H]1c1ccccc1. The fraction of sp³-hybridized carbons (Fsp3) is 0.333. The van der Waals surface area contributed by atoms with E-state index in [4.69, 9.17) is 0 Å². The molecular formula is C21H22N6O. The maximum Gasteiger partial charge on any atom is 0.246 e. The van der Waals surface area contributed by atoms with Gasteiger partial charge in [-0.05, 0) is 30.5 Å². The Hall–Kier alpha value is -3.22. The Labute approximate surface area is 163 Å². The largest absolute Gasteiger partial charge is 0.355 e. The molecule has 2 aromatic heterocycles. The Morgan fingerprint density at radius 3 is 2.68 bits per heavy atom. The molecule has 0 bridgehead atoms. The van der Waals surface area contributed by atoms with Gasteiger partial charge >= 0.3 is 0 Å². The van der Waals surface area contributed by atoms with Crippen molar-refractivity contribution in [1.82, 2.24) is 19.6 Å². The summed E-state index contributed by atoms with van der Waals surface area (Å²) < 4.78 is 1.79. The van der Waals surface area contributed by atoms with Crippen LogP contribution in [0.5, 0.6) is 0 Å². The maximum atomic E-state index is 13.1. The molecule has 1 amide bonds. The lowest BCUT2D eigenvalue weighted by Gasteiger charge is -2.34. The van der Waals surface area contributed by atoms with Crippen LogP contribution < -0.4 is 4.90 Å². The van der Waals surface area contributed by atoms with Gasteiger partial charge in [-0.1, -0.05) is 30.3 Å². The second kappa shape index (κ2) is 7.07. The van der Waals surface area contributed by atoms with E-state index in [0.717, 1.165) is 49.4 Å². The molecule has 2 aliphatic heterocycles. The van der Waals surface area contributed by atoms with E-state index in [1.807, 2.05) is 42.7 Å². The summed E-state index contributed by atoms with van der Waals surface area (Å²) >= 11 is 0. The highest BCUT2D eigenvalue weighted by Crippen LogP contribution is 2.32. The molecule has 28 heavy (non-hydrogen) atoms. The van der Waals surface area contributed by atoms with E-state index >= 15 is 0 Å². The zero-order valence-corrected chi connectivity index (χ0v) is 15.6. The Morgan fingerprint density at radius 2 is 1.86 bits per heavy atom. The molecule has 0 aliphatic carbocycles. The molecule has 1 atom stereocenters. The first kappa shape index (κ1) is 16.9. The highest BCUT2D eigenvalue weighted by molar-refractivity contribution is 5.82. The molecule has 3 aromatic rings. The number of amides is 1. The van der Waals surface area contributed by atoms with E-state index in [9.17, 15) is 4.79 Å². The summed E-state index contributed by atoms with van der Waals surface area (Å²) in [6, 6.07) is 14.2. The molecule has 1 fully saturated rings. The zero-order valence-electron chi connectivity index (χ0n) is 15.6. The number of carbonyl (C=O) groups is 1. The molecule has 2 aliphatic rings. The van der Waals surface area contributed by atoms with Gasteiger partial charge < -0.3 is 4.90 Å². The molecule has 7 nitrogen and oxygen atoms in total. The number of carbonyl (C=O) groups excluding carboxylic acids is 1. The Balaban J connectivity index is 1.26. The average Bonchev–Trinajstić information content (AvgIpc) is 3.43. The minimum absolute atomic E-state index is 0.00897. The molecule has 0 N–H and O–H groups in total. The van der Waals surface area contributed by atoms with Crippen molar-refractivity contribution >= 4 is 23.6 Å². The van der Waals surface area contributed by atoms with Gasteiger partial charge in [0.1, 0.15) is 5.82 Å². The summed E-state index contributed by atoms with van der Waals surface area (Å²) in [5, 5.41) is 10.7. The number of hydrogen-bond donors (Lipinski definition) is 0. The number of aromatic nitrogens is 3. The van der Waals surface area contributed by atoms with E-state index in [2.05, 4.69) is 32.2 Å². The van der Waals surface area contributed by atoms with Gasteiger partial charge in [0.2, 0.25) is 5.91 Å². The predicted molar refractivity (Wildman–Crippen MR) is 107 cm³/mol. The number of hydrogen-bond acceptors (Lipinski definition) is 5. The summed E-state index contributed by atoms with van der Waals surface area (Å²) in [6.45, 7) is 1.63. The topological polar surface area (TPSA) is 66.1 Å². The van der Waals surface area contributed by atoms with Gasteiger partial charge in [0.25, 0.3) is 0 Å². The van der Waals surface area contributed by atoms with Gasteiger partial charge in [0, 0.05) is 44.0 Å². The quantitative estimate of drug-likeness (QED) is 0.707. The zero-order chi connectivity index (χ0) is 18.9. The van der Waals surface area contributed by atoms with Gasteiger partial charge in [0.15, 0.2) is 5.65 Å². The second-order valence-corrected chi connectivity index (χ2v) is 7.33. The molecule has 0 unspecified atom stereocenters. The van der Waals surface area contributed by atoms with E-state index in [-0.39, 0.29) is 17.9 Å². The lowest BCUT2D eigenvalue weighted by atomic mass is 9.94. The number of nitrogens with zero attached hydrogens (tertiary/aromatic N) is 6. The van der Waals surface area contributed by atoms with Crippen LogP contribution in [0.1, 0.15) is 30.9 Å². The summed E-state index contributed by atoms with van der Waals surface area (Å²) in [5.41, 5.74) is 1.98. The normalized spacial score (nSPS) is 20.2. The smallest absolute Gasteiger partial charge is 0.246 e. The van der Waals surface area contributed by atoms with Gasteiger partial charge in [-0.2, -0.15) is 5.10 Å². The van der Waals surface area contributed by atoms with Gasteiger partial charge in [-0.3, -0.25) is 4.79 Å². The molecular weight excluding hydrogens is 352 g/mol. The van der Waals surface area contributed by atoms with Crippen molar-refractivity contribution in [3.05, 3.63) is 60.4 Å². The van der Waals surface area contributed by atoms with Crippen LogP contribution >= 0.6 is 0 Å². The standard InChI is InChI=1S/C21H22N6O/c28-21(27-18(8-11-23-27)16-4-2-1-3-5-16)17-9-13-25(14-10-17)20-7-6-19-22-12-15-26(19)24-20/h1-7,11-12,15,17-18H,8-10,13-14H2/t18-/m0/s1. The second-order valence-electron chi connectivity index (χ2n) is 7.33. The number of benzene rings is 1. The van der Waals surface area contributed by atoms with Crippen molar-refractivity contribution in [2.24, 2.45) is 11.0 Å². The number of fused-ring (bicyclic) bond motifs is 1. The van der Waals surface area contributed by atoms with Crippen molar-refractivity contribution < 1.29 is 4.79 Å². The van der Waals surface area contributed by atoms with E-state index < -0.39 is 0 Å². The summed E-state index contributed by atoms with van der Waals surface area (Å²) in [5.74, 6) is 1.08. The minimum atomic E-state index is 0.00897. The highest BCUT2D eigenvalue weighted by atomic mass is 16.2. The van der Waals surface area contributed by atoms with Crippen LogP contribution in [-0.4, -0.2) is 44.8 Å². The molecule has 142 valence electrons. The van der Waals surface area contributed by atoms with Crippen LogP contribution in [0.25, 0.3) is 5.65 Å². The molecule has 1 saturated heterocycles. The Bertz CT molecular complexity index is 1010. The molecule has 0 radical (unpaired) electrons. The first-order chi connectivity index (χ1) is 13.8. The van der Waals surface area contributed by atoms with Crippen LogP contribution in [0, 0.1) is 5.92 Å². The summed E-state index contributed by atoms with van der Waals surface area (Å²) in [4.78, 5) is 19.6. The highest BCUT2D eigenvalue weighted by Gasteiger charge is 2.34. The number of imidazole rings is 1. The number of anilines is 1. The molecule has 0 saturated carbocycles. The monoisotopic (exact) mass is 374 g/mol. The van der Waals surface area contributed by atoms with Crippen LogP contribution in [0.2, 0.25) is 0 Å². The lowest BCUT2D eigenvalue weighted by molar-refractivity contribution is -0.138. The molecule has 1 aromatic carbocycles. The number of piperidine rings is 1. The van der Waals surface area contributed by atoms with Gasteiger partial charge in [-0.25, -0.2) is 14.5 Å². The fourth-order valence-corrected chi connectivity index (χ4v) is 4.09. The van der Waals surface area contributed by atoms with E-state index in [1.165, 1.54) is 0 Å². The lowest BCUT2D eigenvalue weighted by Crippen LogP contribution is -2.41.